The lowest BCUT2D eigenvalue weighted by atomic mass is 9.85. The Morgan fingerprint density at radius 2 is 1.88 bits per heavy atom. The van der Waals surface area contributed by atoms with E-state index in [1.165, 1.54) is 0 Å². The topological polar surface area (TPSA) is 49.4 Å². The first kappa shape index (κ1) is 21.3. The minimum atomic E-state index is -1.05. The van der Waals surface area contributed by atoms with Crippen LogP contribution in [0.15, 0.2) is 33.6 Å². The normalized spacial score (nSPS) is 14.5. The van der Waals surface area contributed by atoms with Crippen molar-refractivity contribution in [2.45, 2.75) is 44.6 Å². The van der Waals surface area contributed by atoms with Crippen LogP contribution in [0.5, 0.6) is 0 Å². The quantitative estimate of drug-likeness (QED) is 0.670. The largest absolute Gasteiger partial charge is 0.353 e. The Labute approximate surface area is 157 Å². The van der Waals surface area contributed by atoms with Gasteiger partial charge in [0.1, 0.15) is 0 Å². The molecule has 6 heteroatoms. The van der Waals surface area contributed by atoms with Gasteiger partial charge >= 0.3 is 0 Å². The van der Waals surface area contributed by atoms with Gasteiger partial charge in [0.25, 0.3) is 0 Å². The number of nitrogens with one attached hydrogen (secondary N) is 1. The van der Waals surface area contributed by atoms with Crippen molar-refractivity contribution in [2.24, 2.45) is 5.41 Å². The maximum Gasteiger partial charge on any atom is 0.220 e. The molecular formula is C18H29BrN2O2S. The average Bonchev–Trinajstić information content (AvgIpc) is 2.46. The first-order valence-electron chi connectivity index (χ1n) is 8.20. The van der Waals surface area contributed by atoms with E-state index in [9.17, 15) is 9.00 Å². The van der Waals surface area contributed by atoms with Crippen LogP contribution in [-0.2, 0) is 15.6 Å². The van der Waals surface area contributed by atoms with E-state index < -0.39 is 10.8 Å². The highest BCUT2D eigenvalue weighted by molar-refractivity contribution is 9.10. The zero-order valence-electron chi connectivity index (χ0n) is 15.3. The lowest BCUT2D eigenvalue weighted by molar-refractivity contribution is -0.122. The molecule has 0 heterocycles. The smallest absolute Gasteiger partial charge is 0.220 e. The number of amides is 1. The van der Waals surface area contributed by atoms with Crippen LogP contribution >= 0.6 is 15.9 Å². The molecule has 136 valence electrons. The van der Waals surface area contributed by atoms with Crippen molar-refractivity contribution in [1.29, 1.82) is 0 Å². The molecule has 0 aliphatic carbocycles. The van der Waals surface area contributed by atoms with Crippen LogP contribution < -0.4 is 5.32 Å². The van der Waals surface area contributed by atoms with Crippen molar-refractivity contribution in [3.05, 3.63) is 28.7 Å². The summed E-state index contributed by atoms with van der Waals surface area (Å²) in [6, 6.07) is 7.56. The van der Waals surface area contributed by atoms with E-state index >= 15 is 0 Å². The van der Waals surface area contributed by atoms with Crippen LogP contribution in [0.3, 0.4) is 0 Å². The molecule has 0 spiro atoms. The molecule has 24 heavy (non-hydrogen) atoms. The number of hydrogen-bond acceptors (Lipinski definition) is 3. The molecule has 0 saturated carbocycles. The Hall–Kier alpha value is -0.720. The maximum atomic E-state index is 12.2. The zero-order valence-corrected chi connectivity index (χ0v) is 17.7. The first-order valence-corrected chi connectivity index (χ1v) is 10.3. The number of nitrogens with zero attached hydrogens (tertiary/aromatic N) is 1. The van der Waals surface area contributed by atoms with Gasteiger partial charge in [0.05, 0.1) is 10.8 Å². The highest BCUT2D eigenvalue weighted by Gasteiger charge is 2.27. The van der Waals surface area contributed by atoms with Crippen molar-refractivity contribution < 1.29 is 9.00 Å². The van der Waals surface area contributed by atoms with Crippen molar-refractivity contribution >= 4 is 32.6 Å². The molecule has 1 rings (SSSR count). The Balaban J connectivity index is 2.38. The summed E-state index contributed by atoms with van der Waals surface area (Å²) in [5.74, 6) is 0.534. The van der Waals surface area contributed by atoms with E-state index in [-0.39, 0.29) is 17.4 Å². The van der Waals surface area contributed by atoms with Gasteiger partial charge in [0.15, 0.2) is 0 Å². The van der Waals surface area contributed by atoms with Gasteiger partial charge in [-0.05, 0) is 57.1 Å². The fourth-order valence-electron chi connectivity index (χ4n) is 2.53. The third kappa shape index (κ3) is 7.45. The summed E-state index contributed by atoms with van der Waals surface area (Å²) in [6.45, 7) is 7.25. The Bertz CT molecular complexity index is 559. The van der Waals surface area contributed by atoms with E-state index in [4.69, 9.17) is 0 Å². The molecule has 0 aliphatic heterocycles. The van der Waals surface area contributed by atoms with Crippen molar-refractivity contribution in [3.63, 3.8) is 0 Å². The van der Waals surface area contributed by atoms with E-state index in [1.807, 2.05) is 45.3 Å². The van der Waals surface area contributed by atoms with E-state index in [2.05, 4.69) is 40.0 Å². The number of carbonyl (C=O) groups is 1. The highest BCUT2D eigenvalue weighted by Crippen LogP contribution is 2.21. The Morgan fingerprint density at radius 3 is 2.42 bits per heavy atom. The van der Waals surface area contributed by atoms with Gasteiger partial charge in [-0.1, -0.05) is 29.8 Å². The molecule has 1 aromatic rings. The van der Waals surface area contributed by atoms with Gasteiger partial charge in [-0.15, -0.1) is 0 Å². The van der Waals surface area contributed by atoms with Gasteiger partial charge in [0, 0.05) is 34.1 Å². The minimum Gasteiger partial charge on any atom is -0.353 e. The monoisotopic (exact) mass is 416 g/mol. The average molecular weight is 417 g/mol. The van der Waals surface area contributed by atoms with Gasteiger partial charge in [-0.2, -0.15) is 0 Å². The fraction of sp³-hybridized carbons (Fsp3) is 0.611. The van der Waals surface area contributed by atoms with Crippen LogP contribution in [0.2, 0.25) is 0 Å². The molecule has 0 unspecified atom stereocenters. The standard InChI is InChI=1S/C18H29BrN2O2S/c1-14(18(2,3)13-21(4)5)20-17(22)7-6-12-24(23)16-10-8-15(19)9-11-16/h8-11,14H,6-7,12-13H2,1-5H3,(H,20,22)/t14-,24+/m0/s1. The second-order valence-electron chi connectivity index (χ2n) is 7.12. The second kappa shape index (κ2) is 9.68. The molecule has 0 fully saturated rings. The first-order chi connectivity index (χ1) is 11.1. The van der Waals surface area contributed by atoms with Crippen LogP contribution in [0, 0.1) is 5.41 Å². The van der Waals surface area contributed by atoms with Gasteiger partial charge in [0.2, 0.25) is 5.91 Å². The summed E-state index contributed by atoms with van der Waals surface area (Å²) in [5, 5.41) is 3.08. The summed E-state index contributed by atoms with van der Waals surface area (Å²) >= 11 is 3.36. The van der Waals surface area contributed by atoms with Crippen LogP contribution in [-0.4, -0.2) is 47.5 Å². The third-order valence-electron chi connectivity index (χ3n) is 4.08. The van der Waals surface area contributed by atoms with Gasteiger partial charge in [-0.3, -0.25) is 9.00 Å². The molecule has 0 aromatic heterocycles. The molecule has 0 aliphatic rings. The molecule has 1 N–H and O–H groups in total. The summed E-state index contributed by atoms with van der Waals surface area (Å²) in [6.07, 6.45) is 1.03. The van der Waals surface area contributed by atoms with Crippen LogP contribution in [0.1, 0.15) is 33.6 Å². The molecule has 4 nitrogen and oxygen atoms in total. The van der Waals surface area contributed by atoms with E-state index in [0.29, 0.717) is 18.6 Å². The van der Waals surface area contributed by atoms with Gasteiger partial charge < -0.3 is 10.2 Å². The predicted octanol–water partition coefficient (Wildman–Crippen LogP) is 3.43. The van der Waals surface area contributed by atoms with Crippen LogP contribution in [0.25, 0.3) is 0 Å². The van der Waals surface area contributed by atoms with E-state index in [1.54, 1.807) is 0 Å². The summed E-state index contributed by atoms with van der Waals surface area (Å²) in [4.78, 5) is 15.1. The number of rotatable bonds is 9. The van der Waals surface area contributed by atoms with Crippen molar-refractivity contribution in [1.82, 2.24) is 10.2 Å². The molecule has 1 aromatic carbocycles. The second-order valence-corrected chi connectivity index (χ2v) is 9.61. The zero-order chi connectivity index (χ0) is 18.3. The molecule has 0 saturated heterocycles. The lowest BCUT2D eigenvalue weighted by Gasteiger charge is -2.34. The van der Waals surface area contributed by atoms with Crippen molar-refractivity contribution in [3.8, 4) is 0 Å². The minimum absolute atomic E-state index is 0.000591. The number of halogens is 1. The third-order valence-corrected chi connectivity index (χ3v) is 6.07. The summed E-state index contributed by atoms with van der Waals surface area (Å²) in [7, 11) is 3.02. The highest BCUT2D eigenvalue weighted by atomic mass is 79.9. The number of benzene rings is 1. The lowest BCUT2D eigenvalue weighted by Crippen LogP contribution is -2.47. The Kier molecular flexibility index (Phi) is 8.60. The molecule has 0 radical (unpaired) electrons. The fourth-order valence-corrected chi connectivity index (χ4v) is 3.88. The number of carbonyl (C=O) groups excluding carboxylic acids is 1. The molecule has 2 atom stereocenters. The molecule has 1 amide bonds. The van der Waals surface area contributed by atoms with E-state index in [0.717, 1.165) is 15.9 Å². The van der Waals surface area contributed by atoms with Crippen LogP contribution in [0.4, 0.5) is 0 Å². The maximum absolute atomic E-state index is 12.2. The van der Waals surface area contributed by atoms with Crippen molar-refractivity contribution in [2.75, 3.05) is 26.4 Å². The number of hydrogen-bond donors (Lipinski definition) is 1. The summed E-state index contributed by atoms with van der Waals surface area (Å²) in [5.41, 5.74) is -0.000591. The predicted molar refractivity (Wildman–Crippen MR) is 105 cm³/mol. The SMILES string of the molecule is C[C@H](NC(=O)CCC[S@@](=O)c1ccc(Br)cc1)C(C)(C)CN(C)C. The Morgan fingerprint density at radius 1 is 1.29 bits per heavy atom. The summed E-state index contributed by atoms with van der Waals surface area (Å²) < 4.78 is 13.2. The molecule has 0 bridgehead atoms. The van der Waals surface area contributed by atoms with Gasteiger partial charge in [-0.25, -0.2) is 0 Å². The molecular weight excluding hydrogens is 388 g/mol.